The van der Waals surface area contributed by atoms with Gasteiger partial charge in [0.25, 0.3) is 0 Å². The first kappa shape index (κ1) is 30.1. The third-order valence-electron chi connectivity index (χ3n) is 7.40. The number of carbonyl (C=O) groups excluding carboxylic acids is 2. The summed E-state index contributed by atoms with van der Waals surface area (Å²) in [6.45, 7) is 1.37. The molecule has 4 bridgehead atoms. The molecule has 0 radical (unpaired) electrons. The summed E-state index contributed by atoms with van der Waals surface area (Å²) in [5, 5.41) is -3.55. The number of alkyl halides is 9. The molecule has 0 aliphatic heterocycles. The molecule has 0 heterocycles. The van der Waals surface area contributed by atoms with Crippen molar-refractivity contribution >= 4 is 27.6 Å². The molecule has 4 fully saturated rings. The van der Waals surface area contributed by atoms with E-state index in [2.05, 4.69) is 9.44 Å². The molecule has 1 aromatic carbocycles. The van der Waals surface area contributed by atoms with Crippen LogP contribution >= 0.6 is 0 Å². The van der Waals surface area contributed by atoms with Crippen LogP contribution in [0.4, 0.5) is 39.5 Å². The molecule has 40 heavy (non-hydrogen) atoms. The largest absolute Gasteiger partial charge is 0.478 e. The minimum Gasteiger partial charge on any atom is -0.454 e. The minimum atomic E-state index is -6.88. The maximum absolute atomic E-state index is 14.7. The molecule has 17 heteroatoms. The van der Waals surface area contributed by atoms with Gasteiger partial charge in [0.2, 0.25) is 0 Å². The summed E-state index contributed by atoms with van der Waals surface area (Å²) < 4.78 is 157. The lowest BCUT2D eigenvalue weighted by atomic mass is 9.53. The van der Waals surface area contributed by atoms with Gasteiger partial charge in [-0.1, -0.05) is 35.0 Å². The molecule has 5 rings (SSSR count). The number of hydrogen-bond acceptors (Lipinski definition) is 7. The fourth-order valence-electron chi connectivity index (χ4n) is 5.62. The molecule has 0 N–H and O–H groups in total. The third kappa shape index (κ3) is 4.83. The lowest BCUT2D eigenvalue weighted by molar-refractivity contribution is -0.336. The van der Waals surface area contributed by atoms with Crippen molar-refractivity contribution in [1.29, 1.82) is 0 Å². The van der Waals surface area contributed by atoms with Crippen LogP contribution in [0.25, 0.3) is 0 Å². The number of hydrogen-bond donors (Lipinski definition) is 0. The van der Waals surface area contributed by atoms with Crippen molar-refractivity contribution < 1.29 is 66.5 Å². The van der Waals surface area contributed by atoms with Crippen molar-refractivity contribution in [2.24, 2.45) is 22.9 Å². The third-order valence-corrected chi connectivity index (χ3v) is 8.46. The number of carbonyl (C=O) groups is 2. The topological polar surface area (TPSA) is 99.1 Å². The first-order valence-corrected chi connectivity index (χ1v) is 13.1. The van der Waals surface area contributed by atoms with Crippen LogP contribution in [0.2, 0.25) is 0 Å². The summed E-state index contributed by atoms with van der Waals surface area (Å²) in [6.07, 6.45) is -6.22. The number of rotatable bonds is 8. The van der Waals surface area contributed by atoms with Crippen LogP contribution in [0.1, 0.15) is 43.2 Å². The average molecular weight is 609 g/mol. The lowest BCUT2D eigenvalue weighted by Gasteiger charge is -2.54. The average Bonchev–Trinajstić information content (AvgIpc) is 2.81. The molecule has 222 valence electrons. The molecule has 0 amide bonds. The van der Waals surface area contributed by atoms with Crippen LogP contribution in [0.3, 0.4) is 0 Å². The SMILES string of the molecule is Cc1ccc(C(=NOS(=O)(=O)C(F)(F)C(=O)OC23CC4CC(C2)C(=O)C(C4)C3)C(F)(F)C(F)(F)C(F)(F)F)cc1. The van der Waals surface area contributed by atoms with Crippen LogP contribution in [-0.4, -0.2) is 54.8 Å². The zero-order chi connectivity index (χ0) is 30.1. The Kier molecular flexibility index (Phi) is 7.03. The molecular formula is C23H20F9NO6S. The monoisotopic (exact) mass is 609 g/mol. The molecule has 4 aliphatic carbocycles. The molecule has 4 saturated carbocycles. The van der Waals surface area contributed by atoms with Crippen LogP contribution in [0, 0.1) is 24.7 Å². The van der Waals surface area contributed by atoms with Gasteiger partial charge in [-0.2, -0.15) is 47.9 Å². The number of ether oxygens (including phenoxy) is 1. The van der Waals surface area contributed by atoms with E-state index < -0.39 is 68.1 Å². The summed E-state index contributed by atoms with van der Waals surface area (Å²) in [5.74, 6) is -17.3. The van der Waals surface area contributed by atoms with Crippen molar-refractivity contribution in [2.75, 3.05) is 0 Å². The van der Waals surface area contributed by atoms with E-state index >= 15 is 0 Å². The van der Waals surface area contributed by atoms with E-state index in [1.807, 2.05) is 0 Å². The van der Waals surface area contributed by atoms with Gasteiger partial charge >= 0.3 is 39.4 Å². The minimum absolute atomic E-state index is 0.0600. The van der Waals surface area contributed by atoms with E-state index in [1.54, 1.807) is 0 Å². The number of benzene rings is 1. The van der Waals surface area contributed by atoms with E-state index in [-0.39, 0.29) is 31.0 Å². The summed E-state index contributed by atoms with van der Waals surface area (Å²) in [7, 11) is -6.73. The molecule has 0 saturated heterocycles. The van der Waals surface area contributed by atoms with Gasteiger partial charge in [-0.3, -0.25) is 9.08 Å². The van der Waals surface area contributed by atoms with Gasteiger partial charge in [-0.05, 0) is 44.9 Å². The Labute approximate surface area is 220 Å². The normalized spacial score (nSPS) is 27.6. The van der Waals surface area contributed by atoms with Crippen molar-refractivity contribution in [3.8, 4) is 0 Å². The van der Waals surface area contributed by atoms with Gasteiger partial charge < -0.3 is 4.74 Å². The summed E-state index contributed by atoms with van der Waals surface area (Å²) in [4.78, 5) is 24.6. The van der Waals surface area contributed by atoms with Gasteiger partial charge in [0, 0.05) is 17.4 Å². The van der Waals surface area contributed by atoms with Crippen LogP contribution < -0.4 is 0 Å². The van der Waals surface area contributed by atoms with Crippen LogP contribution in [0.5, 0.6) is 0 Å². The number of oxime groups is 1. The maximum Gasteiger partial charge on any atom is 0.478 e. The predicted molar refractivity (Wildman–Crippen MR) is 116 cm³/mol. The zero-order valence-corrected chi connectivity index (χ0v) is 21.1. The molecule has 2 unspecified atom stereocenters. The van der Waals surface area contributed by atoms with E-state index in [1.165, 1.54) is 6.92 Å². The van der Waals surface area contributed by atoms with E-state index in [0.29, 0.717) is 30.5 Å². The van der Waals surface area contributed by atoms with Gasteiger partial charge in [0.1, 0.15) is 11.4 Å². The second-order valence-electron chi connectivity index (χ2n) is 10.3. The van der Waals surface area contributed by atoms with Gasteiger partial charge in [-0.15, -0.1) is 0 Å². The van der Waals surface area contributed by atoms with Gasteiger partial charge in [0.05, 0.1) is 0 Å². The Balaban J connectivity index is 1.64. The zero-order valence-electron chi connectivity index (χ0n) is 20.3. The highest BCUT2D eigenvalue weighted by Gasteiger charge is 2.75. The van der Waals surface area contributed by atoms with Crippen LogP contribution in [0.15, 0.2) is 29.4 Å². The second kappa shape index (κ2) is 9.34. The molecule has 0 aromatic heterocycles. The van der Waals surface area contributed by atoms with E-state index in [4.69, 9.17) is 4.74 Å². The molecule has 4 aliphatic rings. The number of halogens is 9. The van der Waals surface area contributed by atoms with E-state index in [9.17, 15) is 57.5 Å². The Morgan fingerprint density at radius 2 is 1.45 bits per heavy atom. The highest BCUT2D eigenvalue weighted by Crippen LogP contribution is 2.56. The van der Waals surface area contributed by atoms with Crippen molar-refractivity contribution in [3.63, 3.8) is 0 Å². The highest BCUT2D eigenvalue weighted by molar-refractivity contribution is 7.88. The molecular weight excluding hydrogens is 589 g/mol. The molecule has 7 nitrogen and oxygen atoms in total. The Hall–Kier alpha value is -2.85. The smallest absolute Gasteiger partial charge is 0.454 e. The number of nitrogens with zero attached hydrogens (tertiary/aromatic N) is 1. The maximum atomic E-state index is 14.7. The second-order valence-corrected chi connectivity index (χ2v) is 11.9. The fourth-order valence-corrected chi connectivity index (χ4v) is 6.13. The summed E-state index contributed by atoms with van der Waals surface area (Å²) in [6, 6.07) is 2.99. The van der Waals surface area contributed by atoms with Crippen molar-refractivity contribution in [2.45, 2.75) is 67.9 Å². The lowest BCUT2D eigenvalue weighted by Crippen LogP contribution is -2.58. The van der Waals surface area contributed by atoms with E-state index in [0.717, 1.165) is 12.1 Å². The molecule has 0 spiro atoms. The first-order valence-electron chi connectivity index (χ1n) is 11.7. The summed E-state index contributed by atoms with van der Waals surface area (Å²) in [5.41, 5.74) is -5.18. The van der Waals surface area contributed by atoms with Crippen LogP contribution in [-0.2, 0) is 28.7 Å². The van der Waals surface area contributed by atoms with Gasteiger partial charge in [-0.25, -0.2) is 4.79 Å². The predicted octanol–water partition coefficient (Wildman–Crippen LogP) is 5.16. The van der Waals surface area contributed by atoms with Crippen molar-refractivity contribution in [3.05, 3.63) is 35.4 Å². The number of Topliss-reactive ketones (excluding diaryl/α,β-unsaturated/α-hetero) is 1. The Bertz CT molecular complexity index is 1320. The Morgan fingerprint density at radius 1 is 0.925 bits per heavy atom. The fraction of sp³-hybridized carbons (Fsp3) is 0.609. The molecule has 2 atom stereocenters. The number of ketones is 1. The highest BCUT2D eigenvalue weighted by atomic mass is 32.2. The quantitative estimate of drug-likeness (QED) is 0.175. The number of esters is 1. The van der Waals surface area contributed by atoms with Gasteiger partial charge in [0.15, 0.2) is 5.71 Å². The first-order chi connectivity index (χ1) is 18.1. The van der Waals surface area contributed by atoms with Crippen molar-refractivity contribution in [1.82, 2.24) is 0 Å². The summed E-state index contributed by atoms with van der Waals surface area (Å²) >= 11 is 0. The molecule has 1 aromatic rings. The number of aryl methyl sites for hydroxylation is 1. The Morgan fingerprint density at radius 3 is 1.95 bits per heavy atom. The standard InChI is InChI=1S/C23H20F9NO6S/c1-11-2-4-13(5-3-11)17(20(24,25)22(28,29)23(30,31)32)33-39-40(36,37)21(26,27)18(35)38-19-8-12-6-14(9-19)16(34)15(7-12)10-19/h2-5,12,14-15H,6-10H2,1H3.